The maximum absolute atomic E-state index is 13.1. The highest BCUT2D eigenvalue weighted by Crippen LogP contribution is 2.39. The molecule has 4 nitrogen and oxygen atoms in total. The number of aryl methyl sites for hydroxylation is 1. The number of sulfonamides is 1. The molecule has 2 fully saturated rings. The van der Waals surface area contributed by atoms with Crippen molar-refractivity contribution in [2.45, 2.75) is 31.2 Å². The predicted molar refractivity (Wildman–Crippen MR) is 84.6 cm³/mol. The van der Waals surface area contributed by atoms with E-state index < -0.39 is 10.0 Å². The number of hydrogen-bond donors (Lipinski definition) is 1. The lowest BCUT2D eigenvalue weighted by molar-refractivity contribution is 0.382. The Labute approximate surface area is 135 Å². The zero-order chi connectivity index (χ0) is 15.4. The monoisotopic (exact) mass is 348 g/mol. The molecule has 2 saturated heterocycles. The van der Waals surface area contributed by atoms with Crippen molar-refractivity contribution in [1.29, 1.82) is 0 Å². The van der Waals surface area contributed by atoms with Crippen molar-refractivity contribution in [1.82, 2.24) is 9.62 Å². The summed E-state index contributed by atoms with van der Waals surface area (Å²) in [6.07, 6.45) is 0.896. The Morgan fingerprint density at radius 2 is 2.00 bits per heavy atom. The molecule has 0 bridgehead atoms. The van der Waals surface area contributed by atoms with Gasteiger partial charge in [-0.15, -0.1) is 0 Å². The third-order valence-electron chi connectivity index (χ3n) is 4.55. The Bertz CT molecular complexity index is 664. The average Bonchev–Trinajstić information content (AvgIpc) is 2.98. The van der Waals surface area contributed by atoms with Crippen LogP contribution in [0.1, 0.15) is 17.5 Å². The summed E-state index contributed by atoms with van der Waals surface area (Å²) in [7, 11) is -3.62. The van der Waals surface area contributed by atoms with E-state index in [1.165, 1.54) is 0 Å². The fourth-order valence-electron chi connectivity index (χ4n) is 3.35. The maximum atomic E-state index is 13.1. The van der Waals surface area contributed by atoms with Crippen molar-refractivity contribution in [2.75, 3.05) is 19.6 Å². The first-order valence-electron chi connectivity index (χ1n) is 7.01. The quantitative estimate of drug-likeness (QED) is 0.893. The van der Waals surface area contributed by atoms with Crippen LogP contribution in [0.2, 0.25) is 10.0 Å². The van der Waals surface area contributed by atoms with Gasteiger partial charge in [0.15, 0.2) is 0 Å². The van der Waals surface area contributed by atoms with E-state index in [4.69, 9.17) is 23.2 Å². The highest BCUT2D eigenvalue weighted by Gasteiger charge is 2.45. The zero-order valence-electron chi connectivity index (χ0n) is 12.0. The molecule has 0 spiro atoms. The van der Waals surface area contributed by atoms with Crippen LogP contribution in [0, 0.1) is 19.8 Å². The van der Waals surface area contributed by atoms with Gasteiger partial charge < -0.3 is 5.32 Å². The van der Waals surface area contributed by atoms with Crippen molar-refractivity contribution >= 4 is 33.2 Å². The highest BCUT2D eigenvalue weighted by atomic mass is 35.5. The van der Waals surface area contributed by atoms with Gasteiger partial charge in [0.2, 0.25) is 10.0 Å². The fourth-order valence-corrected chi connectivity index (χ4v) is 6.22. The van der Waals surface area contributed by atoms with Crippen LogP contribution in [0.25, 0.3) is 0 Å². The Balaban J connectivity index is 2.11. The number of nitrogens with one attached hydrogen (secondary N) is 1. The Morgan fingerprint density at radius 3 is 2.71 bits per heavy atom. The molecule has 0 radical (unpaired) electrons. The van der Waals surface area contributed by atoms with E-state index in [9.17, 15) is 8.42 Å². The van der Waals surface area contributed by atoms with Gasteiger partial charge in [0.1, 0.15) is 4.90 Å². The Kier molecular flexibility index (Phi) is 3.99. The molecular formula is C14H18Cl2N2O2S. The third-order valence-corrected chi connectivity index (χ3v) is 7.64. The summed E-state index contributed by atoms with van der Waals surface area (Å²) >= 11 is 12.5. The summed E-state index contributed by atoms with van der Waals surface area (Å²) < 4.78 is 27.8. The summed E-state index contributed by atoms with van der Waals surface area (Å²) in [5, 5.41) is 3.99. The number of rotatable bonds is 2. The van der Waals surface area contributed by atoms with Crippen LogP contribution >= 0.6 is 23.2 Å². The number of benzene rings is 1. The van der Waals surface area contributed by atoms with Crippen molar-refractivity contribution in [3.8, 4) is 0 Å². The number of fused-ring (bicyclic) bond motifs is 1. The van der Waals surface area contributed by atoms with Crippen molar-refractivity contribution in [3.05, 3.63) is 27.2 Å². The van der Waals surface area contributed by atoms with Crippen LogP contribution in [0.3, 0.4) is 0 Å². The second kappa shape index (κ2) is 5.39. The van der Waals surface area contributed by atoms with Crippen LogP contribution < -0.4 is 5.32 Å². The molecule has 0 amide bonds. The van der Waals surface area contributed by atoms with Gasteiger partial charge in [-0.2, -0.15) is 4.31 Å². The third kappa shape index (κ3) is 2.39. The number of halogens is 2. The van der Waals surface area contributed by atoms with Gasteiger partial charge in [0, 0.05) is 24.2 Å². The van der Waals surface area contributed by atoms with E-state index in [1.54, 1.807) is 24.2 Å². The molecule has 1 N–H and O–H groups in total. The normalized spacial score (nSPS) is 26.3. The minimum atomic E-state index is -3.62. The van der Waals surface area contributed by atoms with Gasteiger partial charge in [-0.3, -0.25) is 0 Å². The number of nitrogens with zero attached hydrogens (tertiary/aromatic N) is 1. The molecule has 2 aliphatic heterocycles. The van der Waals surface area contributed by atoms with E-state index >= 15 is 0 Å². The first-order chi connectivity index (χ1) is 9.84. The zero-order valence-corrected chi connectivity index (χ0v) is 14.3. The molecule has 116 valence electrons. The van der Waals surface area contributed by atoms with E-state index in [2.05, 4.69) is 5.32 Å². The molecule has 2 atom stereocenters. The average molecular weight is 349 g/mol. The van der Waals surface area contributed by atoms with E-state index in [-0.39, 0.29) is 16.0 Å². The Hall–Kier alpha value is -0.330. The van der Waals surface area contributed by atoms with Gasteiger partial charge in [-0.1, -0.05) is 23.2 Å². The molecule has 1 aromatic carbocycles. The van der Waals surface area contributed by atoms with Gasteiger partial charge in [0.25, 0.3) is 0 Å². The summed E-state index contributed by atoms with van der Waals surface area (Å²) in [6.45, 7) is 5.64. The maximum Gasteiger partial charge on any atom is 0.245 e. The minimum Gasteiger partial charge on any atom is -0.315 e. The standard InChI is InChI=1S/C14H18Cl2N2O2S/c1-8-5-11(15)9(2)14(13(8)16)21(19,20)18-4-3-10-6-17-7-12(10)18/h5,10,12,17H,3-4,6-7H2,1-2H3/t10-,12+/m0/s1. The molecule has 0 aliphatic carbocycles. The topological polar surface area (TPSA) is 49.4 Å². The minimum absolute atomic E-state index is 0.0322. The smallest absolute Gasteiger partial charge is 0.245 e. The second-order valence-corrected chi connectivity index (χ2v) is 8.45. The summed E-state index contributed by atoms with van der Waals surface area (Å²) in [6, 6.07) is 1.74. The second-order valence-electron chi connectivity index (χ2n) is 5.83. The van der Waals surface area contributed by atoms with Crippen LogP contribution in [0.4, 0.5) is 0 Å². The molecule has 2 heterocycles. The fraction of sp³-hybridized carbons (Fsp3) is 0.571. The van der Waals surface area contributed by atoms with Crippen LogP contribution in [0.15, 0.2) is 11.0 Å². The summed E-state index contributed by atoms with van der Waals surface area (Å²) in [5.41, 5.74) is 1.22. The molecule has 1 aromatic rings. The van der Waals surface area contributed by atoms with Crippen LogP contribution in [-0.4, -0.2) is 38.4 Å². The van der Waals surface area contributed by atoms with Gasteiger partial charge in [-0.25, -0.2) is 8.42 Å². The molecule has 0 saturated carbocycles. The first-order valence-corrected chi connectivity index (χ1v) is 9.21. The van der Waals surface area contributed by atoms with Gasteiger partial charge >= 0.3 is 0 Å². The summed E-state index contributed by atoms with van der Waals surface area (Å²) in [4.78, 5) is 0.168. The molecule has 0 aromatic heterocycles. The van der Waals surface area contributed by atoms with Crippen molar-refractivity contribution in [3.63, 3.8) is 0 Å². The van der Waals surface area contributed by atoms with Crippen LogP contribution in [0.5, 0.6) is 0 Å². The molecule has 2 aliphatic rings. The lowest BCUT2D eigenvalue weighted by atomic mass is 10.1. The van der Waals surface area contributed by atoms with E-state index in [0.717, 1.165) is 13.0 Å². The lowest BCUT2D eigenvalue weighted by Gasteiger charge is -2.25. The molecule has 0 unspecified atom stereocenters. The van der Waals surface area contributed by atoms with Crippen molar-refractivity contribution < 1.29 is 8.42 Å². The molecule has 21 heavy (non-hydrogen) atoms. The molecule has 7 heteroatoms. The van der Waals surface area contributed by atoms with Gasteiger partial charge in [0.05, 0.1) is 5.02 Å². The van der Waals surface area contributed by atoms with E-state index in [1.807, 2.05) is 0 Å². The highest BCUT2D eigenvalue weighted by molar-refractivity contribution is 7.89. The number of hydrogen-bond acceptors (Lipinski definition) is 3. The van der Waals surface area contributed by atoms with Crippen LogP contribution in [-0.2, 0) is 10.0 Å². The predicted octanol–water partition coefficient (Wildman–Crippen LogP) is 2.59. The van der Waals surface area contributed by atoms with Crippen molar-refractivity contribution in [2.24, 2.45) is 5.92 Å². The molecule has 3 rings (SSSR count). The summed E-state index contributed by atoms with van der Waals surface area (Å²) in [5.74, 6) is 0.402. The lowest BCUT2D eigenvalue weighted by Crippen LogP contribution is -2.39. The SMILES string of the molecule is Cc1cc(Cl)c(C)c(S(=O)(=O)N2CC[C@H]3CNC[C@H]32)c1Cl. The van der Waals surface area contributed by atoms with E-state index in [0.29, 0.717) is 35.2 Å². The largest absolute Gasteiger partial charge is 0.315 e. The first kappa shape index (κ1) is 15.6. The molecular weight excluding hydrogens is 331 g/mol. The Morgan fingerprint density at radius 1 is 1.29 bits per heavy atom. The van der Waals surface area contributed by atoms with Gasteiger partial charge in [-0.05, 0) is 49.9 Å².